The molecule has 8 nitrogen and oxygen atoms in total. The highest BCUT2D eigenvalue weighted by Crippen LogP contribution is 2.39. The van der Waals surface area contributed by atoms with Crippen LogP contribution in [0.15, 0.2) is 48.5 Å². The average Bonchev–Trinajstić information content (AvgIpc) is 3.17. The molecule has 2 aromatic rings. The number of nitroso groups, excluding NO2 is 1. The van der Waals surface area contributed by atoms with Crippen LogP contribution in [0.4, 0.5) is 23.7 Å². The van der Waals surface area contributed by atoms with Gasteiger partial charge in [0.15, 0.2) is 10.9 Å². The Bertz CT molecular complexity index is 1090. The molecule has 2 fully saturated rings. The maximum absolute atomic E-state index is 14.1. The molecule has 174 valence electrons. The van der Waals surface area contributed by atoms with Crippen LogP contribution in [0, 0.1) is 10.7 Å². The van der Waals surface area contributed by atoms with Crippen molar-refractivity contribution in [3.8, 4) is 0 Å². The van der Waals surface area contributed by atoms with Gasteiger partial charge >= 0.3 is 12.2 Å². The van der Waals surface area contributed by atoms with Gasteiger partial charge in [-0.1, -0.05) is 40.9 Å². The Kier molecular flexibility index (Phi) is 6.15. The number of amides is 3. The summed E-state index contributed by atoms with van der Waals surface area (Å²) in [6.45, 7) is -0.0835. The van der Waals surface area contributed by atoms with Crippen molar-refractivity contribution in [2.75, 3.05) is 11.6 Å². The molecular weight excluding hydrogens is 463 g/mol. The van der Waals surface area contributed by atoms with Gasteiger partial charge in [-0.2, -0.15) is 0 Å². The highest BCUT2D eigenvalue weighted by Gasteiger charge is 2.49. The molecular formula is C21H20ClF3N5O3+. The summed E-state index contributed by atoms with van der Waals surface area (Å²) in [5, 5.41) is 8.49. The predicted octanol–water partition coefficient (Wildman–Crippen LogP) is 3.27. The standard InChI is InChI=1S/C21H19ClF3N5O3/c22-16-7-2-1-6-15(16)18(19(31)27-13-9-21(24,25)10-13)29(14-5-3-4-12(23)8-14)30(33)17-11-26-20(32)28-17/h1-8,13,17-18H,9-11H2,(H2-,26,27,28,31,32)/p+1/t17-,18?/m1/s1. The molecule has 1 saturated heterocycles. The molecule has 2 aromatic carbocycles. The van der Waals surface area contributed by atoms with Gasteiger partial charge in [0.05, 0.1) is 4.91 Å². The summed E-state index contributed by atoms with van der Waals surface area (Å²) in [5.74, 6) is -4.31. The molecule has 1 saturated carbocycles. The zero-order valence-corrected chi connectivity index (χ0v) is 17.9. The van der Waals surface area contributed by atoms with Gasteiger partial charge in [-0.15, -0.1) is 0 Å². The minimum atomic E-state index is -2.87. The number of benzene rings is 2. The Morgan fingerprint density at radius 1 is 1.21 bits per heavy atom. The van der Waals surface area contributed by atoms with E-state index in [1.54, 1.807) is 12.1 Å². The first-order valence-electron chi connectivity index (χ1n) is 10.1. The molecule has 0 spiro atoms. The number of urea groups is 1. The van der Waals surface area contributed by atoms with Crippen molar-refractivity contribution < 1.29 is 27.6 Å². The molecule has 33 heavy (non-hydrogen) atoms. The van der Waals surface area contributed by atoms with Crippen molar-refractivity contribution in [1.82, 2.24) is 16.0 Å². The fourth-order valence-electron chi connectivity index (χ4n) is 3.85. The lowest BCUT2D eigenvalue weighted by Gasteiger charge is -2.36. The Morgan fingerprint density at radius 2 is 1.94 bits per heavy atom. The van der Waals surface area contributed by atoms with Crippen molar-refractivity contribution in [3.63, 3.8) is 0 Å². The summed E-state index contributed by atoms with van der Waals surface area (Å²) in [7, 11) is 0. The van der Waals surface area contributed by atoms with Gasteiger partial charge in [0.25, 0.3) is 11.8 Å². The third kappa shape index (κ3) is 4.87. The quantitative estimate of drug-likeness (QED) is 0.417. The lowest BCUT2D eigenvalue weighted by Crippen LogP contribution is -2.56. The van der Waals surface area contributed by atoms with Crippen molar-refractivity contribution in [2.45, 2.75) is 37.0 Å². The first kappa shape index (κ1) is 22.8. The number of nitrogens with zero attached hydrogens (tertiary/aromatic N) is 2. The van der Waals surface area contributed by atoms with E-state index in [0.717, 1.165) is 17.1 Å². The van der Waals surface area contributed by atoms with E-state index in [2.05, 4.69) is 16.0 Å². The fraction of sp³-hybridized carbons (Fsp3) is 0.333. The topological polar surface area (TPSA) is 93.6 Å². The summed E-state index contributed by atoms with van der Waals surface area (Å²) in [4.78, 5) is 38.8. The monoisotopic (exact) mass is 482 g/mol. The van der Waals surface area contributed by atoms with E-state index in [-0.39, 0.29) is 22.8 Å². The molecule has 4 rings (SSSR count). The van der Waals surface area contributed by atoms with Crippen LogP contribution in [0.5, 0.6) is 0 Å². The van der Waals surface area contributed by atoms with Crippen LogP contribution in [-0.4, -0.2) is 41.5 Å². The smallest absolute Gasteiger partial charge is 0.327 e. The zero-order chi connectivity index (χ0) is 23.8. The Hall–Kier alpha value is -3.34. The number of carbonyl (C=O) groups excluding carboxylic acids is 2. The number of carbonyl (C=O) groups is 2. The first-order chi connectivity index (χ1) is 15.6. The molecule has 2 aliphatic rings. The van der Waals surface area contributed by atoms with E-state index in [0.29, 0.717) is 4.87 Å². The molecule has 3 N–H and O–H groups in total. The highest BCUT2D eigenvalue weighted by molar-refractivity contribution is 6.31. The first-order valence-corrected chi connectivity index (χ1v) is 10.5. The van der Waals surface area contributed by atoms with Crippen molar-refractivity contribution in [1.29, 1.82) is 0 Å². The Labute approximate surface area is 191 Å². The number of hydrogen-bond acceptors (Lipinski definition) is 3. The SMILES string of the molecule is O=C1NC[C@@H]([N+](=O)N(c2cccc(F)c2)C(C(=O)NC2CC(F)(F)C2)c2ccccc2Cl)N1. The van der Waals surface area contributed by atoms with Gasteiger partial charge < -0.3 is 10.6 Å². The minimum absolute atomic E-state index is 0.00478. The minimum Gasteiger partial charge on any atom is -0.351 e. The second kappa shape index (κ2) is 8.89. The van der Waals surface area contributed by atoms with Gasteiger partial charge in [-0.25, -0.2) is 18.0 Å². The van der Waals surface area contributed by atoms with Gasteiger partial charge in [0.2, 0.25) is 0 Å². The molecule has 0 radical (unpaired) electrons. The van der Waals surface area contributed by atoms with Gasteiger partial charge in [0, 0.05) is 35.5 Å². The van der Waals surface area contributed by atoms with E-state index < -0.39 is 54.8 Å². The van der Waals surface area contributed by atoms with Crippen LogP contribution >= 0.6 is 11.6 Å². The third-order valence-corrected chi connectivity index (χ3v) is 5.78. The Morgan fingerprint density at radius 3 is 2.55 bits per heavy atom. The van der Waals surface area contributed by atoms with Crippen LogP contribution in [0.3, 0.4) is 0 Å². The summed E-state index contributed by atoms with van der Waals surface area (Å²) < 4.78 is 40.8. The summed E-state index contributed by atoms with van der Waals surface area (Å²) >= 11 is 6.34. The number of hydrazine groups is 1. The Balaban J connectivity index is 1.77. The lowest BCUT2D eigenvalue weighted by atomic mass is 9.88. The highest BCUT2D eigenvalue weighted by atomic mass is 35.5. The van der Waals surface area contributed by atoms with Crippen LogP contribution in [0.1, 0.15) is 24.4 Å². The zero-order valence-electron chi connectivity index (χ0n) is 17.1. The van der Waals surface area contributed by atoms with E-state index in [1.165, 1.54) is 24.3 Å². The molecule has 1 unspecified atom stereocenters. The van der Waals surface area contributed by atoms with E-state index in [1.807, 2.05) is 0 Å². The maximum atomic E-state index is 14.1. The predicted molar refractivity (Wildman–Crippen MR) is 113 cm³/mol. The maximum Gasteiger partial charge on any atom is 0.327 e. The average molecular weight is 483 g/mol. The number of nitrogens with one attached hydrogen (secondary N) is 3. The van der Waals surface area contributed by atoms with Crippen LogP contribution in [0.25, 0.3) is 0 Å². The van der Waals surface area contributed by atoms with Gasteiger partial charge in [0.1, 0.15) is 18.0 Å². The number of rotatable bonds is 7. The van der Waals surface area contributed by atoms with Crippen molar-refractivity contribution in [3.05, 3.63) is 69.8 Å². The van der Waals surface area contributed by atoms with E-state index in [9.17, 15) is 27.7 Å². The largest absolute Gasteiger partial charge is 0.351 e. The van der Waals surface area contributed by atoms with Crippen LogP contribution < -0.4 is 21.0 Å². The molecule has 12 heteroatoms. The summed E-state index contributed by atoms with van der Waals surface area (Å²) in [6, 6.07) is 8.38. The molecule has 1 aliphatic heterocycles. The second-order valence-corrected chi connectivity index (χ2v) is 8.30. The molecule has 3 amide bonds. The van der Waals surface area contributed by atoms with E-state index >= 15 is 0 Å². The van der Waals surface area contributed by atoms with Gasteiger partial charge in [-0.05, 0) is 18.2 Å². The molecule has 1 heterocycles. The van der Waals surface area contributed by atoms with Crippen LogP contribution in [0.2, 0.25) is 5.02 Å². The number of anilines is 1. The third-order valence-electron chi connectivity index (χ3n) is 5.43. The summed E-state index contributed by atoms with van der Waals surface area (Å²) in [6.07, 6.45) is -2.18. The van der Waals surface area contributed by atoms with Gasteiger partial charge in [-0.3, -0.25) is 10.1 Å². The summed E-state index contributed by atoms with van der Waals surface area (Å²) in [5.41, 5.74) is 0.204. The van der Waals surface area contributed by atoms with Crippen LogP contribution in [-0.2, 0) is 4.79 Å². The second-order valence-electron chi connectivity index (χ2n) is 7.89. The van der Waals surface area contributed by atoms with Crippen molar-refractivity contribution >= 4 is 29.2 Å². The molecule has 2 atom stereocenters. The normalized spacial score (nSPS) is 20.2. The molecule has 0 bridgehead atoms. The lowest BCUT2D eigenvalue weighted by molar-refractivity contribution is -0.601. The van der Waals surface area contributed by atoms with E-state index in [4.69, 9.17) is 11.6 Å². The fourth-order valence-corrected chi connectivity index (χ4v) is 4.08. The van der Waals surface area contributed by atoms with Crippen molar-refractivity contribution in [2.24, 2.45) is 0 Å². The number of halogens is 4. The molecule has 0 aromatic heterocycles. The number of alkyl halides is 2. The number of hydrogen-bond donors (Lipinski definition) is 3. The molecule has 1 aliphatic carbocycles.